The van der Waals surface area contributed by atoms with E-state index in [1.165, 1.54) is 6.07 Å². The first-order valence-corrected chi connectivity index (χ1v) is 6.78. The summed E-state index contributed by atoms with van der Waals surface area (Å²) in [6, 6.07) is 4.59. The van der Waals surface area contributed by atoms with Crippen molar-refractivity contribution in [2.24, 2.45) is 5.73 Å². The number of carbonyl (C=O) groups excluding carboxylic acids is 1. The molecule has 1 heterocycles. The van der Waals surface area contributed by atoms with Gasteiger partial charge < -0.3 is 10.6 Å². The summed E-state index contributed by atoms with van der Waals surface area (Å²) in [6.45, 7) is 2.22. The summed E-state index contributed by atoms with van der Waals surface area (Å²) in [4.78, 5) is 14.4. The molecular formula is C14H17FN2OS. The van der Waals surface area contributed by atoms with Crippen molar-refractivity contribution in [2.75, 3.05) is 6.54 Å². The molecule has 1 fully saturated rings. The lowest BCUT2D eigenvalue weighted by atomic mass is 10.00. The highest BCUT2D eigenvalue weighted by atomic mass is 32.1. The lowest BCUT2D eigenvalue weighted by Gasteiger charge is -2.35. The SMILES string of the molecule is Cc1cccc(C(=O)N2CCCCC2C(N)=S)c1F. The maximum absolute atomic E-state index is 14.0. The van der Waals surface area contributed by atoms with Gasteiger partial charge in [-0.1, -0.05) is 24.4 Å². The fourth-order valence-corrected chi connectivity index (χ4v) is 2.68. The Morgan fingerprint density at radius 1 is 1.47 bits per heavy atom. The Kier molecular flexibility index (Phi) is 4.14. The number of carbonyl (C=O) groups is 1. The van der Waals surface area contributed by atoms with Gasteiger partial charge in [0.1, 0.15) is 5.82 Å². The maximum Gasteiger partial charge on any atom is 0.257 e. The average Bonchev–Trinajstić information content (AvgIpc) is 2.41. The molecule has 2 rings (SSSR count). The van der Waals surface area contributed by atoms with Crippen molar-refractivity contribution in [2.45, 2.75) is 32.2 Å². The van der Waals surface area contributed by atoms with Crippen molar-refractivity contribution >= 4 is 23.1 Å². The molecule has 1 aliphatic rings. The molecule has 1 aliphatic heterocycles. The summed E-state index contributed by atoms with van der Waals surface area (Å²) in [5.41, 5.74) is 6.25. The number of aryl methyl sites for hydroxylation is 1. The van der Waals surface area contributed by atoms with E-state index >= 15 is 0 Å². The third-order valence-corrected chi connectivity index (χ3v) is 3.79. The van der Waals surface area contributed by atoms with Crippen molar-refractivity contribution in [3.63, 3.8) is 0 Å². The Hall–Kier alpha value is -1.49. The maximum atomic E-state index is 14.0. The predicted molar refractivity (Wildman–Crippen MR) is 76.6 cm³/mol. The Bertz CT molecular complexity index is 518. The third kappa shape index (κ3) is 2.76. The van der Waals surface area contributed by atoms with Crippen molar-refractivity contribution in [3.05, 3.63) is 35.1 Å². The Morgan fingerprint density at radius 3 is 2.89 bits per heavy atom. The largest absolute Gasteiger partial charge is 0.392 e. The zero-order chi connectivity index (χ0) is 14.0. The first-order valence-electron chi connectivity index (χ1n) is 6.37. The molecule has 1 aromatic rings. The van der Waals surface area contributed by atoms with Gasteiger partial charge in [-0.3, -0.25) is 4.79 Å². The second-order valence-corrected chi connectivity index (χ2v) is 5.32. The number of benzene rings is 1. The highest BCUT2D eigenvalue weighted by Crippen LogP contribution is 2.22. The van der Waals surface area contributed by atoms with Crippen LogP contribution < -0.4 is 5.73 Å². The van der Waals surface area contributed by atoms with E-state index in [9.17, 15) is 9.18 Å². The van der Waals surface area contributed by atoms with Crippen LogP contribution >= 0.6 is 12.2 Å². The lowest BCUT2D eigenvalue weighted by molar-refractivity contribution is 0.0676. The number of rotatable bonds is 2. The van der Waals surface area contributed by atoms with E-state index in [4.69, 9.17) is 18.0 Å². The molecular weight excluding hydrogens is 263 g/mol. The second-order valence-electron chi connectivity index (χ2n) is 4.85. The molecule has 2 N–H and O–H groups in total. The number of thiocarbonyl (C=S) groups is 1. The average molecular weight is 280 g/mol. The van der Waals surface area contributed by atoms with Crippen LogP contribution in [0.25, 0.3) is 0 Å². The topological polar surface area (TPSA) is 46.3 Å². The minimum Gasteiger partial charge on any atom is -0.392 e. The summed E-state index contributed by atoms with van der Waals surface area (Å²) in [6.07, 6.45) is 2.65. The van der Waals surface area contributed by atoms with Crippen LogP contribution in [0.15, 0.2) is 18.2 Å². The summed E-state index contributed by atoms with van der Waals surface area (Å²) >= 11 is 5.01. The molecule has 1 aromatic carbocycles. The summed E-state index contributed by atoms with van der Waals surface area (Å²) < 4.78 is 14.0. The number of halogens is 1. The number of amides is 1. The molecule has 102 valence electrons. The molecule has 1 atom stereocenters. The van der Waals surface area contributed by atoms with Crippen molar-refractivity contribution in [1.29, 1.82) is 0 Å². The van der Waals surface area contributed by atoms with Gasteiger partial charge in [-0.15, -0.1) is 0 Å². The summed E-state index contributed by atoms with van der Waals surface area (Å²) in [5, 5.41) is 0. The highest BCUT2D eigenvalue weighted by molar-refractivity contribution is 7.80. The van der Waals surface area contributed by atoms with Crippen LogP contribution in [0.1, 0.15) is 35.2 Å². The van der Waals surface area contributed by atoms with Gasteiger partial charge in [0.15, 0.2) is 0 Å². The number of likely N-dealkylation sites (tertiary alicyclic amines) is 1. The van der Waals surface area contributed by atoms with Gasteiger partial charge in [0.05, 0.1) is 16.6 Å². The fraction of sp³-hybridized carbons (Fsp3) is 0.429. The van der Waals surface area contributed by atoms with Gasteiger partial charge >= 0.3 is 0 Å². The normalized spacial score (nSPS) is 19.3. The first-order chi connectivity index (χ1) is 9.02. The number of hydrogen-bond acceptors (Lipinski definition) is 2. The van der Waals surface area contributed by atoms with Gasteiger partial charge in [-0.2, -0.15) is 0 Å². The summed E-state index contributed by atoms with van der Waals surface area (Å²) in [5.74, 6) is -0.779. The standard InChI is InChI=1S/C14H17FN2OS/c1-9-5-4-6-10(12(9)15)14(18)17-8-3-2-7-11(17)13(16)19/h4-6,11H,2-3,7-8H2,1H3,(H2,16,19). The zero-order valence-corrected chi connectivity index (χ0v) is 11.7. The summed E-state index contributed by atoms with van der Waals surface area (Å²) in [7, 11) is 0. The van der Waals surface area contributed by atoms with Crippen LogP contribution in [0.3, 0.4) is 0 Å². The molecule has 1 amide bonds. The Labute approximate surface area is 117 Å². The molecule has 0 aliphatic carbocycles. The fourth-order valence-electron chi connectivity index (χ4n) is 2.44. The molecule has 0 spiro atoms. The molecule has 1 saturated heterocycles. The van der Waals surface area contributed by atoms with E-state index < -0.39 is 5.82 Å². The van der Waals surface area contributed by atoms with E-state index in [2.05, 4.69) is 0 Å². The molecule has 0 radical (unpaired) electrons. The smallest absolute Gasteiger partial charge is 0.257 e. The quantitative estimate of drug-likeness (QED) is 0.846. The Balaban J connectivity index is 2.31. The Morgan fingerprint density at radius 2 is 2.21 bits per heavy atom. The molecule has 0 bridgehead atoms. The van der Waals surface area contributed by atoms with E-state index in [-0.39, 0.29) is 17.5 Å². The van der Waals surface area contributed by atoms with Gasteiger partial charge in [-0.25, -0.2) is 4.39 Å². The van der Waals surface area contributed by atoms with Gasteiger partial charge in [0.25, 0.3) is 5.91 Å². The molecule has 1 unspecified atom stereocenters. The van der Waals surface area contributed by atoms with Crippen LogP contribution in [-0.4, -0.2) is 28.4 Å². The van der Waals surface area contributed by atoms with Crippen molar-refractivity contribution in [1.82, 2.24) is 4.90 Å². The zero-order valence-electron chi connectivity index (χ0n) is 10.9. The van der Waals surface area contributed by atoms with Gasteiger partial charge in [-0.05, 0) is 37.8 Å². The second kappa shape index (κ2) is 5.65. The van der Waals surface area contributed by atoms with E-state index in [1.807, 2.05) is 0 Å². The van der Waals surface area contributed by atoms with Crippen LogP contribution in [-0.2, 0) is 0 Å². The third-order valence-electron chi connectivity index (χ3n) is 3.51. The van der Waals surface area contributed by atoms with Crippen LogP contribution in [0.4, 0.5) is 4.39 Å². The number of piperidine rings is 1. The van der Waals surface area contributed by atoms with Gasteiger partial charge in [0, 0.05) is 6.54 Å². The van der Waals surface area contributed by atoms with Gasteiger partial charge in [0.2, 0.25) is 0 Å². The van der Waals surface area contributed by atoms with Crippen molar-refractivity contribution < 1.29 is 9.18 Å². The van der Waals surface area contributed by atoms with E-state index in [0.29, 0.717) is 17.1 Å². The monoisotopic (exact) mass is 280 g/mol. The molecule has 0 aromatic heterocycles. The van der Waals surface area contributed by atoms with Crippen molar-refractivity contribution in [3.8, 4) is 0 Å². The van der Waals surface area contributed by atoms with E-state index in [1.54, 1.807) is 24.0 Å². The first kappa shape index (κ1) is 13.9. The molecule has 5 heteroatoms. The lowest BCUT2D eigenvalue weighted by Crippen LogP contribution is -2.50. The number of hydrogen-bond donors (Lipinski definition) is 1. The minimum absolute atomic E-state index is 0.100. The van der Waals surface area contributed by atoms with Crippen LogP contribution in [0, 0.1) is 12.7 Å². The molecule has 19 heavy (non-hydrogen) atoms. The number of nitrogens with zero attached hydrogens (tertiary/aromatic N) is 1. The molecule has 0 saturated carbocycles. The highest BCUT2D eigenvalue weighted by Gasteiger charge is 2.30. The minimum atomic E-state index is -0.459. The van der Waals surface area contributed by atoms with Crippen LogP contribution in [0.5, 0.6) is 0 Å². The predicted octanol–water partition coefficient (Wildman–Crippen LogP) is 2.41. The van der Waals surface area contributed by atoms with Crippen LogP contribution in [0.2, 0.25) is 0 Å². The number of nitrogens with two attached hydrogens (primary N) is 1. The molecule has 3 nitrogen and oxygen atoms in total. The van der Waals surface area contributed by atoms with E-state index in [0.717, 1.165) is 19.3 Å².